The highest BCUT2D eigenvalue weighted by Crippen LogP contribution is 2.15. The molecule has 0 aliphatic carbocycles. The first-order valence-electron chi connectivity index (χ1n) is 8.39. The molecule has 0 saturated carbocycles. The van der Waals surface area contributed by atoms with Gasteiger partial charge in [0.25, 0.3) is 5.91 Å². The number of rotatable bonds is 7. The zero-order valence-electron chi connectivity index (χ0n) is 15.9. The van der Waals surface area contributed by atoms with E-state index in [2.05, 4.69) is 10.3 Å². The minimum absolute atomic E-state index is 0.194. The molecule has 0 aliphatic rings. The fraction of sp³-hybridized carbons (Fsp3) is 0.368. The molecule has 1 N–H and O–H groups in total. The van der Waals surface area contributed by atoms with E-state index in [0.717, 1.165) is 6.26 Å². The molecule has 0 radical (unpaired) electrons. The smallest absolute Gasteiger partial charge is 0.257 e. The third-order valence-corrected chi connectivity index (χ3v) is 4.54. The van der Waals surface area contributed by atoms with E-state index in [4.69, 9.17) is 9.47 Å². The number of nitrogens with zero attached hydrogens (tertiary/aromatic N) is 1. The van der Waals surface area contributed by atoms with Crippen molar-refractivity contribution in [3.05, 3.63) is 48.2 Å². The van der Waals surface area contributed by atoms with Crippen molar-refractivity contribution in [2.45, 2.75) is 31.3 Å². The average Bonchev–Trinajstić information content (AvgIpc) is 2.58. The highest BCUT2D eigenvalue weighted by Gasteiger charge is 2.11. The molecule has 1 aromatic carbocycles. The SMILES string of the molecule is CC(C)(C)OCCOc1ccc(C(=O)Nc2ccc(S(C)(=O)=O)cc2)cn1. The van der Waals surface area contributed by atoms with Crippen molar-refractivity contribution in [2.24, 2.45) is 0 Å². The summed E-state index contributed by atoms with van der Waals surface area (Å²) in [5.74, 6) is 0.0544. The largest absolute Gasteiger partial charge is 0.475 e. The van der Waals surface area contributed by atoms with Crippen molar-refractivity contribution >= 4 is 21.4 Å². The lowest BCUT2D eigenvalue weighted by atomic mass is 10.2. The number of carbonyl (C=O) groups is 1. The molecule has 0 spiro atoms. The van der Waals surface area contributed by atoms with Gasteiger partial charge in [0.15, 0.2) is 9.84 Å². The number of benzene rings is 1. The first-order chi connectivity index (χ1) is 12.5. The van der Waals surface area contributed by atoms with Gasteiger partial charge in [-0.15, -0.1) is 0 Å². The van der Waals surface area contributed by atoms with Crippen LogP contribution in [0.4, 0.5) is 5.69 Å². The van der Waals surface area contributed by atoms with Crippen LogP contribution in [0.25, 0.3) is 0 Å². The van der Waals surface area contributed by atoms with Crippen LogP contribution in [0, 0.1) is 0 Å². The molecule has 0 fully saturated rings. The maximum absolute atomic E-state index is 12.2. The van der Waals surface area contributed by atoms with Crippen LogP contribution in [0.1, 0.15) is 31.1 Å². The summed E-state index contributed by atoms with van der Waals surface area (Å²) in [4.78, 5) is 16.5. The molecule has 0 saturated heterocycles. The summed E-state index contributed by atoms with van der Waals surface area (Å²) >= 11 is 0. The normalized spacial score (nSPS) is 11.9. The van der Waals surface area contributed by atoms with E-state index in [9.17, 15) is 13.2 Å². The number of amides is 1. The van der Waals surface area contributed by atoms with Crippen LogP contribution in [-0.2, 0) is 14.6 Å². The summed E-state index contributed by atoms with van der Waals surface area (Å²) < 4.78 is 33.9. The molecule has 2 rings (SSSR count). The van der Waals surface area contributed by atoms with Gasteiger partial charge in [-0.3, -0.25) is 4.79 Å². The number of hydrogen-bond acceptors (Lipinski definition) is 6. The van der Waals surface area contributed by atoms with Crippen LogP contribution in [0.2, 0.25) is 0 Å². The van der Waals surface area contributed by atoms with Crippen LogP contribution < -0.4 is 10.1 Å². The zero-order valence-corrected chi connectivity index (χ0v) is 16.7. The summed E-state index contributed by atoms with van der Waals surface area (Å²) in [5, 5.41) is 2.69. The number of ether oxygens (including phenoxy) is 2. The second-order valence-electron chi connectivity index (χ2n) is 6.95. The first kappa shape index (κ1) is 20.9. The summed E-state index contributed by atoms with van der Waals surface area (Å²) in [6.45, 7) is 6.70. The molecule has 7 nitrogen and oxygen atoms in total. The molecule has 2 aromatic rings. The number of nitrogens with one attached hydrogen (secondary N) is 1. The van der Waals surface area contributed by atoms with E-state index in [1.54, 1.807) is 12.1 Å². The Morgan fingerprint density at radius 1 is 1.07 bits per heavy atom. The second-order valence-corrected chi connectivity index (χ2v) is 8.96. The molecule has 0 aliphatic heterocycles. The number of sulfone groups is 1. The van der Waals surface area contributed by atoms with Gasteiger partial charge >= 0.3 is 0 Å². The molecule has 0 unspecified atom stereocenters. The van der Waals surface area contributed by atoms with Crippen LogP contribution in [-0.4, -0.2) is 44.4 Å². The molecule has 0 atom stereocenters. The topological polar surface area (TPSA) is 94.6 Å². The Morgan fingerprint density at radius 2 is 1.74 bits per heavy atom. The third kappa shape index (κ3) is 6.99. The van der Waals surface area contributed by atoms with Crippen molar-refractivity contribution in [3.63, 3.8) is 0 Å². The fourth-order valence-corrected chi connectivity index (χ4v) is 2.71. The molecule has 1 aromatic heterocycles. The van der Waals surface area contributed by atoms with E-state index in [1.807, 2.05) is 20.8 Å². The van der Waals surface area contributed by atoms with Gasteiger partial charge in [-0.1, -0.05) is 0 Å². The van der Waals surface area contributed by atoms with Gasteiger partial charge in [0.1, 0.15) is 6.61 Å². The van der Waals surface area contributed by atoms with E-state index >= 15 is 0 Å². The van der Waals surface area contributed by atoms with Crippen LogP contribution >= 0.6 is 0 Å². The molecule has 27 heavy (non-hydrogen) atoms. The lowest BCUT2D eigenvalue weighted by Crippen LogP contribution is -2.22. The van der Waals surface area contributed by atoms with Gasteiger partial charge in [-0.05, 0) is 51.1 Å². The zero-order chi connectivity index (χ0) is 20.1. The molecular formula is C19H24N2O5S. The lowest BCUT2D eigenvalue weighted by Gasteiger charge is -2.19. The van der Waals surface area contributed by atoms with Crippen molar-refractivity contribution in [3.8, 4) is 5.88 Å². The van der Waals surface area contributed by atoms with Gasteiger partial charge in [0.05, 0.1) is 22.7 Å². The molecule has 0 bridgehead atoms. The van der Waals surface area contributed by atoms with Gasteiger partial charge in [0.2, 0.25) is 5.88 Å². The minimum atomic E-state index is -3.27. The standard InChI is InChI=1S/C19H24N2O5S/c1-19(2,3)26-12-11-25-17-10-5-14(13-20-17)18(22)21-15-6-8-16(9-7-15)27(4,23)24/h5-10,13H,11-12H2,1-4H3,(H,21,22). The highest BCUT2D eigenvalue weighted by atomic mass is 32.2. The van der Waals surface area contributed by atoms with Crippen molar-refractivity contribution in [2.75, 3.05) is 24.8 Å². The first-order valence-corrected chi connectivity index (χ1v) is 10.3. The number of anilines is 1. The van der Waals surface area contributed by atoms with Crippen LogP contribution in [0.3, 0.4) is 0 Å². The molecule has 1 amide bonds. The quantitative estimate of drug-likeness (QED) is 0.728. The number of aromatic nitrogens is 1. The third-order valence-electron chi connectivity index (χ3n) is 3.41. The predicted molar refractivity (Wildman–Crippen MR) is 103 cm³/mol. The van der Waals surface area contributed by atoms with E-state index < -0.39 is 9.84 Å². The van der Waals surface area contributed by atoms with Crippen molar-refractivity contribution < 1.29 is 22.7 Å². The highest BCUT2D eigenvalue weighted by molar-refractivity contribution is 7.90. The lowest BCUT2D eigenvalue weighted by molar-refractivity contribution is -0.0168. The maximum atomic E-state index is 12.2. The van der Waals surface area contributed by atoms with Crippen molar-refractivity contribution in [1.29, 1.82) is 0 Å². The molecule has 146 valence electrons. The van der Waals surface area contributed by atoms with Gasteiger partial charge in [-0.25, -0.2) is 13.4 Å². The maximum Gasteiger partial charge on any atom is 0.257 e. The number of carbonyl (C=O) groups excluding carboxylic acids is 1. The van der Waals surface area contributed by atoms with Gasteiger partial charge in [0, 0.05) is 24.2 Å². The van der Waals surface area contributed by atoms with Gasteiger partial charge in [-0.2, -0.15) is 0 Å². The van der Waals surface area contributed by atoms with E-state index in [1.165, 1.54) is 30.5 Å². The van der Waals surface area contributed by atoms with E-state index in [-0.39, 0.29) is 16.4 Å². The second kappa shape index (κ2) is 8.49. The average molecular weight is 392 g/mol. The van der Waals surface area contributed by atoms with Gasteiger partial charge < -0.3 is 14.8 Å². The summed E-state index contributed by atoms with van der Waals surface area (Å²) in [6, 6.07) is 9.17. The minimum Gasteiger partial charge on any atom is -0.475 e. The Labute approximate surface area is 159 Å². The van der Waals surface area contributed by atoms with Crippen LogP contribution in [0.15, 0.2) is 47.5 Å². The predicted octanol–water partition coefficient (Wildman–Crippen LogP) is 2.93. The summed E-state index contributed by atoms with van der Waals surface area (Å²) in [5.41, 5.74) is 0.630. The molecule has 8 heteroatoms. The number of hydrogen-bond donors (Lipinski definition) is 1. The fourth-order valence-electron chi connectivity index (χ4n) is 2.08. The van der Waals surface area contributed by atoms with Crippen LogP contribution in [0.5, 0.6) is 5.88 Å². The Hall–Kier alpha value is -2.45. The molecular weight excluding hydrogens is 368 g/mol. The van der Waals surface area contributed by atoms with Crippen molar-refractivity contribution in [1.82, 2.24) is 4.98 Å². The Kier molecular flexibility index (Phi) is 6.56. The Balaban J connectivity index is 1.90. The summed E-state index contributed by atoms with van der Waals surface area (Å²) in [7, 11) is -3.27. The monoisotopic (exact) mass is 392 g/mol. The van der Waals surface area contributed by atoms with E-state index in [0.29, 0.717) is 30.3 Å². The molecule has 1 heterocycles. The number of pyridine rings is 1. The summed E-state index contributed by atoms with van der Waals surface area (Å²) in [6.07, 6.45) is 2.55. The Morgan fingerprint density at radius 3 is 2.26 bits per heavy atom. The Bertz CT molecular complexity index is 870.